The second-order valence-electron chi connectivity index (χ2n) is 7.87. The minimum Gasteiger partial charge on any atom is -0.332 e. The number of aromatic nitrogens is 1. The fourth-order valence-electron chi connectivity index (χ4n) is 4.47. The van der Waals surface area contributed by atoms with Crippen LogP contribution in [0.5, 0.6) is 0 Å². The van der Waals surface area contributed by atoms with Crippen molar-refractivity contribution < 1.29 is 9.72 Å². The Balaban J connectivity index is 1.56. The number of nitrogens with zero attached hydrogens (tertiary/aromatic N) is 3. The minimum atomic E-state index is -1.81. The van der Waals surface area contributed by atoms with Gasteiger partial charge in [0.25, 0.3) is 17.2 Å². The van der Waals surface area contributed by atoms with Crippen LogP contribution in [0, 0.1) is 16.0 Å². The molecule has 0 spiro atoms. The van der Waals surface area contributed by atoms with Crippen molar-refractivity contribution in [1.82, 2.24) is 14.8 Å². The van der Waals surface area contributed by atoms with Crippen molar-refractivity contribution in [3.05, 3.63) is 74.2 Å². The van der Waals surface area contributed by atoms with Crippen molar-refractivity contribution in [3.63, 3.8) is 0 Å². The van der Waals surface area contributed by atoms with Crippen molar-refractivity contribution in [1.29, 1.82) is 0 Å². The summed E-state index contributed by atoms with van der Waals surface area (Å²) in [5.74, 6) is -0.247. The summed E-state index contributed by atoms with van der Waals surface area (Å²) in [6.45, 7) is 1.64. The minimum absolute atomic E-state index is 0.0231. The van der Waals surface area contributed by atoms with Crippen molar-refractivity contribution in [3.8, 4) is 0 Å². The van der Waals surface area contributed by atoms with E-state index in [1.807, 2.05) is 11.0 Å². The fourth-order valence-corrected chi connectivity index (χ4v) is 5.04. The van der Waals surface area contributed by atoms with Crippen LogP contribution in [0.25, 0.3) is 0 Å². The van der Waals surface area contributed by atoms with Gasteiger partial charge in [-0.25, -0.2) is 0 Å². The van der Waals surface area contributed by atoms with E-state index in [4.69, 9.17) is 34.8 Å². The van der Waals surface area contributed by atoms with Gasteiger partial charge in [0, 0.05) is 55.0 Å². The topological polar surface area (TPSA) is 97.5 Å². The number of rotatable bonds is 4. The van der Waals surface area contributed by atoms with Crippen molar-refractivity contribution in [2.75, 3.05) is 13.1 Å². The van der Waals surface area contributed by atoms with Gasteiger partial charge in [-0.2, -0.15) is 0 Å². The average molecular weight is 486 g/mol. The third-order valence-electron chi connectivity index (χ3n) is 5.79. The number of piperidine rings is 1. The van der Waals surface area contributed by atoms with E-state index in [1.165, 1.54) is 24.3 Å². The summed E-state index contributed by atoms with van der Waals surface area (Å²) in [4.78, 5) is 37.2. The van der Waals surface area contributed by atoms with E-state index in [1.54, 1.807) is 16.7 Å². The predicted octanol–water partition coefficient (Wildman–Crippen LogP) is 3.30. The summed E-state index contributed by atoms with van der Waals surface area (Å²) in [6.07, 6.45) is 0.00973. The number of carbonyl (C=O) groups excluding carboxylic acids is 1. The van der Waals surface area contributed by atoms with Crippen LogP contribution >= 0.6 is 34.8 Å². The lowest BCUT2D eigenvalue weighted by molar-refractivity contribution is -0.384. The molecule has 2 bridgehead atoms. The zero-order chi connectivity index (χ0) is 22.3. The quantitative estimate of drug-likeness (QED) is 0.407. The normalized spacial score (nSPS) is 21.8. The molecule has 4 rings (SSSR count). The molecule has 11 heteroatoms. The molecule has 3 heterocycles. The molecular formula is C20H19Cl3N4O4. The Morgan fingerprint density at radius 2 is 1.84 bits per heavy atom. The smallest absolute Gasteiger partial charge is 0.269 e. The second kappa shape index (κ2) is 8.43. The number of nitrogens with one attached hydrogen (secondary N) is 1. The lowest BCUT2D eigenvalue weighted by Gasteiger charge is -2.47. The number of halogens is 3. The van der Waals surface area contributed by atoms with Gasteiger partial charge in [-0.15, -0.1) is 0 Å². The van der Waals surface area contributed by atoms with Crippen LogP contribution < -0.4 is 10.9 Å². The van der Waals surface area contributed by atoms with Gasteiger partial charge in [0.15, 0.2) is 0 Å². The molecule has 0 aliphatic carbocycles. The van der Waals surface area contributed by atoms with Crippen molar-refractivity contribution >= 4 is 46.4 Å². The third kappa shape index (κ3) is 4.57. The SMILES string of the molecule is O=C(N[C@@H](N1C[C@@H]2C[C@@H](C1)c1cccc(=O)n1C2)C(Cl)(Cl)Cl)c1ccc([N+](=O)[O-])cc1. The molecular weight excluding hydrogens is 467 g/mol. The number of carbonyl (C=O) groups is 1. The summed E-state index contributed by atoms with van der Waals surface area (Å²) in [5, 5.41) is 13.6. The van der Waals surface area contributed by atoms with Crippen LogP contribution in [0.3, 0.4) is 0 Å². The lowest BCUT2D eigenvalue weighted by Crippen LogP contribution is -2.60. The molecule has 0 saturated carbocycles. The van der Waals surface area contributed by atoms with E-state index in [-0.39, 0.29) is 28.6 Å². The van der Waals surface area contributed by atoms with Gasteiger partial charge in [0.2, 0.25) is 3.79 Å². The van der Waals surface area contributed by atoms with E-state index in [0.717, 1.165) is 12.1 Å². The highest BCUT2D eigenvalue weighted by molar-refractivity contribution is 6.68. The Morgan fingerprint density at radius 1 is 1.13 bits per heavy atom. The molecule has 164 valence electrons. The maximum Gasteiger partial charge on any atom is 0.269 e. The van der Waals surface area contributed by atoms with E-state index < -0.39 is 20.8 Å². The van der Waals surface area contributed by atoms with Gasteiger partial charge in [-0.05, 0) is 30.5 Å². The highest BCUT2D eigenvalue weighted by Crippen LogP contribution is 2.40. The predicted molar refractivity (Wildman–Crippen MR) is 118 cm³/mol. The van der Waals surface area contributed by atoms with Gasteiger partial charge in [-0.3, -0.25) is 24.6 Å². The van der Waals surface area contributed by atoms with Crippen LogP contribution in [-0.2, 0) is 6.54 Å². The highest BCUT2D eigenvalue weighted by atomic mass is 35.6. The first-order valence-corrected chi connectivity index (χ1v) is 10.8. The van der Waals surface area contributed by atoms with E-state index in [9.17, 15) is 19.7 Å². The maximum absolute atomic E-state index is 12.8. The summed E-state index contributed by atoms with van der Waals surface area (Å²) < 4.78 is -0.00555. The third-order valence-corrected chi connectivity index (χ3v) is 6.41. The number of alkyl halides is 3. The first-order valence-electron chi connectivity index (χ1n) is 9.69. The first kappa shape index (κ1) is 22.1. The summed E-state index contributed by atoms with van der Waals surface area (Å²) in [6, 6.07) is 10.4. The van der Waals surface area contributed by atoms with E-state index >= 15 is 0 Å². The molecule has 1 aromatic heterocycles. The molecule has 31 heavy (non-hydrogen) atoms. The van der Waals surface area contributed by atoms with Crippen LogP contribution in [-0.4, -0.2) is 43.3 Å². The van der Waals surface area contributed by atoms with E-state index in [0.29, 0.717) is 19.6 Å². The molecule has 0 unspecified atom stereocenters. The second-order valence-corrected chi connectivity index (χ2v) is 10.2. The molecule has 0 radical (unpaired) electrons. The molecule has 1 N–H and O–H groups in total. The van der Waals surface area contributed by atoms with Gasteiger partial charge in [0.1, 0.15) is 6.17 Å². The Morgan fingerprint density at radius 3 is 2.48 bits per heavy atom. The molecule has 1 aromatic carbocycles. The van der Waals surface area contributed by atoms with Gasteiger partial charge < -0.3 is 9.88 Å². The van der Waals surface area contributed by atoms with Crippen LogP contribution in [0.2, 0.25) is 0 Å². The van der Waals surface area contributed by atoms with E-state index in [2.05, 4.69) is 5.32 Å². The average Bonchev–Trinajstić information content (AvgIpc) is 2.71. The number of likely N-dealkylation sites (tertiary alicyclic amines) is 1. The number of nitro groups is 1. The van der Waals surface area contributed by atoms with Crippen LogP contribution in [0.1, 0.15) is 28.4 Å². The highest BCUT2D eigenvalue weighted by Gasteiger charge is 2.44. The van der Waals surface area contributed by atoms with Gasteiger partial charge in [-0.1, -0.05) is 40.9 Å². The number of benzene rings is 1. The van der Waals surface area contributed by atoms with Gasteiger partial charge >= 0.3 is 0 Å². The molecule has 2 aliphatic heterocycles. The molecule has 1 amide bonds. The summed E-state index contributed by atoms with van der Waals surface area (Å²) in [7, 11) is 0. The molecule has 1 fully saturated rings. The van der Waals surface area contributed by atoms with Crippen molar-refractivity contribution in [2.45, 2.75) is 28.8 Å². The lowest BCUT2D eigenvalue weighted by atomic mass is 9.83. The molecule has 3 atom stereocenters. The Labute approximate surface area is 192 Å². The molecule has 1 saturated heterocycles. The number of fused-ring (bicyclic) bond motifs is 4. The zero-order valence-corrected chi connectivity index (χ0v) is 18.5. The number of amides is 1. The van der Waals surface area contributed by atoms with Crippen molar-refractivity contribution in [2.24, 2.45) is 5.92 Å². The van der Waals surface area contributed by atoms with Gasteiger partial charge in [0.05, 0.1) is 4.92 Å². The Kier molecular flexibility index (Phi) is 6.00. The Hall–Kier alpha value is -2.13. The number of hydrogen-bond acceptors (Lipinski definition) is 5. The summed E-state index contributed by atoms with van der Waals surface area (Å²) in [5.41, 5.74) is 1.02. The standard InChI is InChI=1S/C20H19Cl3N4O4/c21-20(22,23)19(24-18(29)13-4-6-15(7-5-13)27(30)31)25-9-12-8-14(11-25)16-2-1-3-17(28)26(16)10-12/h1-7,12,14,19H,8-11H2,(H,24,29)/t12-,14-,19-/m0/s1. The zero-order valence-electron chi connectivity index (χ0n) is 16.2. The maximum atomic E-state index is 12.8. The Bertz CT molecular complexity index is 1070. The molecule has 2 aromatic rings. The summed E-state index contributed by atoms with van der Waals surface area (Å²) >= 11 is 18.7. The number of nitro benzene ring substituents is 1. The number of pyridine rings is 1. The number of non-ortho nitro benzene ring substituents is 1. The largest absolute Gasteiger partial charge is 0.332 e. The first-order chi connectivity index (χ1) is 14.6. The molecule has 2 aliphatic rings. The molecule has 8 nitrogen and oxygen atoms in total. The monoisotopic (exact) mass is 484 g/mol. The fraction of sp³-hybridized carbons (Fsp3) is 0.400. The number of hydrogen-bond donors (Lipinski definition) is 1. The van der Waals surface area contributed by atoms with Crippen LogP contribution in [0.15, 0.2) is 47.3 Å². The van der Waals surface area contributed by atoms with Crippen LogP contribution in [0.4, 0.5) is 5.69 Å².